The number of rotatable bonds is 7. The van der Waals surface area contributed by atoms with E-state index in [-0.39, 0.29) is 30.8 Å². The molecule has 5 rings (SSSR count). The van der Waals surface area contributed by atoms with Crippen LogP contribution in [-0.4, -0.2) is 101 Å². The number of aliphatic hydroxyl groups excluding tert-OH is 1. The first-order valence-electron chi connectivity index (χ1n) is 13.2. The van der Waals surface area contributed by atoms with E-state index in [9.17, 15) is 14.4 Å². The van der Waals surface area contributed by atoms with Crippen molar-refractivity contribution in [3.8, 4) is 23.2 Å². The Morgan fingerprint density at radius 2 is 1.93 bits per heavy atom. The quantitative estimate of drug-likeness (QED) is 0.455. The molecule has 1 aromatic heterocycles. The van der Waals surface area contributed by atoms with Gasteiger partial charge in [-0.3, -0.25) is 4.79 Å². The maximum atomic E-state index is 14.7. The molecule has 0 saturated carbocycles. The van der Waals surface area contributed by atoms with Crippen molar-refractivity contribution >= 4 is 23.2 Å². The smallest absolute Gasteiger partial charge is 0.248 e. The molecular formula is C28H31FN8O3. The van der Waals surface area contributed by atoms with E-state index >= 15 is 0 Å². The van der Waals surface area contributed by atoms with E-state index in [0.717, 1.165) is 31.9 Å². The van der Waals surface area contributed by atoms with Crippen LogP contribution in [0.5, 0.6) is 5.75 Å². The van der Waals surface area contributed by atoms with E-state index in [1.54, 1.807) is 18.2 Å². The highest BCUT2D eigenvalue weighted by Gasteiger charge is 2.33. The molecule has 0 spiro atoms. The van der Waals surface area contributed by atoms with E-state index in [1.807, 2.05) is 12.1 Å². The monoisotopic (exact) mass is 546 g/mol. The van der Waals surface area contributed by atoms with Crippen molar-refractivity contribution in [2.45, 2.75) is 18.7 Å². The minimum Gasteiger partial charge on any atom is -0.486 e. The minimum absolute atomic E-state index is 0.163. The number of aliphatic hydroxyl groups is 1. The van der Waals surface area contributed by atoms with Gasteiger partial charge in [-0.25, -0.2) is 14.4 Å². The van der Waals surface area contributed by atoms with Gasteiger partial charge in [0.25, 0.3) is 0 Å². The Labute approximate surface area is 231 Å². The molecule has 2 N–H and O–H groups in total. The number of carbonyl (C=O) groups excluding carboxylic acids is 1. The van der Waals surface area contributed by atoms with Gasteiger partial charge in [-0.2, -0.15) is 10.2 Å². The van der Waals surface area contributed by atoms with Gasteiger partial charge in [-0.05, 0) is 49.5 Å². The molecule has 0 unspecified atom stereocenters. The van der Waals surface area contributed by atoms with Gasteiger partial charge in [-0.15, -0.1) is 0 Å². The second kappa shape index (κ2) is 12.2. The fourth-order valence-corrected chi connectivity index (χ4v) is 4.81. The van der Waals surface area contributed by atoms with Crippen LogP contribution < -0.4 is 15.0 Å². The number of likely N-dealkylation sites (N-methyl/N-ethyl adjacent to an activating group) is 1. The number of hydrogen-bond acceptors (Lipinski definition) is 10. The summed E-state index contributed by atoms with van der Waals surface area (Å²) in [5.74, 6) is 0.458. The predicted octanol–water partition coefficient (Wildman–Crippen LogP) is 2.22. The molecule has 3 heterocycles. The normalized spacial score (nSPS) is 19.6. The first-order valence-corrected chi connectivity index (χ1v) is 13.2. The van der Waals surface area contributed by atoms with Crippen molar-refractivity contribution in [3.63, 3.8) is 0 Å². The fourth-order valence-electron chi connectivity index (χ4n) is 4.81. The number of piperazine rings is 1. The molecule has 0 aliphatic carbocycles. The van der Waals surface area contributed by atoms with Gasteiger partial charge >= 0.3 is 0 Å². The number of piperidine rings is 1. The average molecular weight is 547 g/mol. The Morgan fingerprint density at radius 3 is 2.62 bits per heavy atom. The van der Waals surface area contributed by atoms with Crippen molar-refractivity contribution in [3.05, 3.63) is 54.4 Å². The molecule has 2 aromatic carbocycles. The number of carbonyl (C=O) groups is 1. The summed E-state index contributed by atoms with van der Waals surface area (Å²) >= 11 is 0. The summed E-state index contributed by atoms with van der Waals surface area (Å²) in [6, 6.07) is 15.1. The number of ether oxygens (including phenoxy) is 1. The molecule has 2 atom stereocenters. The Bertz CT molecular complexity index is 1370. The van der Waals surface area contributed by atoms with E-state index in [2.05, 4.69) is 55.3 Å². The number of hydrogen-bond donors (Lipinski definition) is 2. The Hall–Kier alpha value is -4.34. The van der Waals surface area contributed by atoms with Gasteiger partial charge in [0, 0.05) is 56.1 Å². The molecule has 2 saturated heterocycles. The second-order valence-electron chi connectivity index (χ2n) is 9.88. The van der Waals surface area contributed by atoms with Crippen molar-refractivity contribution < 1.29 is 19.0 Å². The standard InChI is InChI=1S/C28H31FN8O3/c1-35-10-12-36(13-11-35)22-5-3-21(4-6-22)33-28-32-18-31-27(34-28)19-2-7-24(20(14-19)15-30)40-25-8-9-37(16-23(25)29)26(39)17-38/h2-7,14,18,23,25,38H,8-13,16-17H2,1H3,(H,31,32,33,34)/t23-,25+/m1/s1. The number of alkyl halides is 1. The van der Waals surface area contributed by atoms with Crippen molar-refractivity contribution in [2.24, 2.45) is 0 Å². The number of halogens is 1. The van der Waals surface area contributed by atoms with Gasteiger partial charge < -0.3 is 29.9 Å². The van der Waals surface area contributed by atoms with E-state index in [1.165, 1.54) is 16.9 Å². The summed E-state index contributed by atoms with van der Waals surface area (Å²) in [7, 11) is 2.13. The van der Waals surface area contributed by atoms with Crippen LogP contribution in [0.4, 0.5) is 21.7 Å². The minimum atomic E-state index is -1.44. The average Bonchev–Trinajstić information content (AvgIpc) is 2.99. The van der Waals surface area contributed by atoms with Crippen LogP contribution in [-0.2, 0) is 4.79 Å². The lowest BCUT2D eigenvalue weighted by atomic mass is 10.0. The summed E-state index contributed by atoms with van der Waals surface area (Å²) in [6.45, 7) is 3.51. The molecule has 3 aromatic rings. The molecule has 2 fully saturated rings. The first kappa shape index (κ1) is 27.2. The molecular weight excluding hydrogens is 515 g/mol. The number of anilines is 3. The lowest BCUT2D eigenvalue weighted by Crippen LogP contribution is -2.50. The highest BCUT2D eigenvalue weighted by molar-refractivity contribution is 5.77. The molecule has 40 heavy (non-hydrogen) atoms. The third-order valence-electron chi connectivity index (χ3n) is 7.17. The topological polar surface area (TPSA) is 131 Å². The van der Waals surface area contributed by atoms with Crippen molar-refractivity contribution in [1.29, 1.82) is 5.26 Å². The number of benzene rings is 2. The lowest BCUT2D eigenvalue weighted by Gasteiger charge is -2.34. The van der Waals surface area contributed by atoms with Gasteiger partial charge in [0.15, 0.2) is 12.0 Å². The molecule has 2 aliphatic rings. The summed E-state index contributed by atoms with van der Waals surface area (Å²) in [5, 5.41) is 22.0. The number of aromatic nitrogens is 3. The van der Waals surface area contributed by atoms with Crippen LogP contribution >= 0.6 is 0 Å². The predicted molar refractivity (Wildman–Crippen MR) is 147 cm³/mol. The lowest BCUT2D eigenvalue weighted by molar-refractivity contribution is -0.138. The summed E-state index contributed by atoms with van der Waals surface area (Å²) in [4.78, 5) is 30.6. The largest absolute Gasteiger partial charge is 0.486 e. The molecule has 0 bridgehead atoms. The third-order valence-corrected chi connectivity index (χ3v) is 7.17. The van der Waals surface area contributed by atoms with Gasteiger partial charge in [0.1, 0.15) is 30.9 Å². The highest BCUT2D eigenvalue weighted by Crippen LogP contribution is 2.29. The molecule has 1 amide bonds. The fraction of sp³-hybridized carbons (Fsp3) is 0.393. The van der Waals surface area contributed by atoms with E-state index in [4.69, 9.17) is 9.84 Å². The van der Waals surface area contributed by atoms with Crippen LogP contribution in [0.3, 0.4) is 0 Å². The Balaban J connectivity index is 1.25. The maximum absolute atomic E-state index is 14.7. The highest BCUT2D eigenvalue weighted by atomic mass is 19.1. The van der Waals surface area contributed by atoms with E-state index in [0.29, 0.717) is 17.3 Å². The number of nitrogens with one attached hydrogen (secondary N) is 1. The Morgan fingerprint density at radius 1 is 1.15 bits per heavy atom. The SMILES string of the molecule is CN1CCN(c2ccc(Nc3ncnc(-c4ccc(O[C@H]5CCN(C(=O)CO)C[C@H]5F)c(C#N)c4)n3)cc2)CC1. The van der Waals surface area contributed by atoms with Gasteiger partial charge in [0.2, 0.25) is 11.9 Å². The second-order valence-corrected chi connectivity index (χ2v) is 9.88. The number of nitriles is 1. The summed E-state index contributed by atoms with van der Waals surface area (Å²) < 4.78 is 20.5. The Kier molecular flexibility index (Phi) is 8.33. The van der Waals surface area contributed by atoms with Gasteiger partial charge in [0.05, 0.1) is 12.1 Å². The van der Waals surface area contributed by atoms with Crippen LogP contribution in [0, 0.1) is 11.3 Å². The zero-order valence-corrected chi connectivity index (χ0v) is 22.2. The zero-order chi connectivity index (χ0) is 28.1. The molecule has 11 nitrogen and oxygen atoms in total. The summed E-state index contributed by atoms with van der Waals surface area (Å²) in [6.07, 6.45) is -0.604. The van der Waals surface area contributed by atoms with Crippen LogP contribution in [0.2, 0.25) is 0 Å². The number of amides is 1. The van der Waals surface area contributed by atoms with Crippen molar-refractivity contribution in [1.82, 2.24) is 24.8 Å². The maximum Gasteiger partial charge on any atom is 0.248 e. The molecule has 208 valence electrons. The van der Waals surface area contributed by atoms with E-state index < -0.39 is 24.8 Å². The van der Waals surface area contributed by atoms with Crippen LogP contribution in [0.1, 0.15) is 12.0 Å². The zero-order valence-electron chi connectivity index (χ0n) is 22.2. The van der Waals surface area contributed by atoms with Crippen molar-refractivity contribution in [2.75, 3.05) is 63.1 Å². The van der Waals surface area contributed by atoms with Crippen LogP contribution in [0.15, 0.2) is 48.8 Å². The number of likely N-dealkylation sites (tertiary alicyclic amines) is 1. The van der Waals surface area contributed by atoms with Gasteiger partial charge in [-0.1, -0.05) is 0 Å². The molecule has 12 heteroatoms. The first-order chi connectivity index (χ1) is 19.4. The molecule has 2 aliphatic heterocycles. The summed E-state index contributed by atoms with van der Waals surface area (Å²) in [5.41, 5.74) is 2.81. The van der Waals surface area contributed by atoms with Crippen LogP contribution in [0.25, 0.3) is 11.4 Å². The molecule has 0 radical (unpaired) electrons. The number of nitrogens with zero attached hydrogens (tertiary/aromatic N) is 7. The third kappa shape index (κ3) is 6.27.